The molecule has 1 unspecified atom stereocenters. The van der Waals surface area contributed by atoms with Gasteiger partial charge in [0, 0.05) is 13.0 Å². The van der Waals surface area contributed by atoms with Crippen molar-refractivity contribution in [3.63, 3.8) is 0 Å². The largest absolute Gasteiger partial charge is 0.463 e. The first-order valence-corrected chi connectivity index (χ1v) is 4.14. The molecule has 0 heterocycles. The minimum Gasteiger partial charge on any atom is -0.463 e. The summed E-state index contributed by atoms with van der Waals surface area (Å²) in [7, 11) is 0. The first-order valence-electron chi connectivity index (χ1n) is 4.14. The van der Waals surface area contributed by atoms with Crippen LogP contribution < -0.4 is 0 Å². The van der Waals surface area contributed by atoms with Gasteiger partial charge in [-0.3, -0.25) is 4.79 Å². The molecule has 0 aliphatic heterocycles. The van der Waals surface area contributed by atoms with E-state index in [1.165, 1.54) is 6.92 Å². The second-order valence-corrected chi connectivity index (χ2v) is 2.42. The Bertz CT molecular complexity index is 211. The van der Waals surface area contributed by atoms with E-state index in [2.05, 4.69) is 16.1 Å². The van der Waals surface area contributed by atoms with Crippen molar-refractivity contribution in [2.75, 3.05) is 13.2 Å². The van der Waals surface area contributed by atoms with Crippen molar-refractivity contribution < 1.29 is 23.8 Å². The summed E-state index contributed by atoms with van der Waals surface area (Å²) in [6, 6.07) is 0. The molecule has 0 aliphatic rings. The number of hydrogen-bond acceptors (Lipinski definition) is 5. The average molecular weight is 202 g/mol. The predicted octanol–water partition coefficient (Wildman–Crippen LogP) is 0.641. The fraction of sp³-hybridized carbons (Fsp3) is 0.556. The molecular weight excluding hydrogens is 188 g/mol. The van der Waals surface area contributed by atoms with Gasteiger partial charge in [-0.05, 0) is 6.92 Å². The van der Waals surface area contributed by atoms with Gasteiger partial charge < -0.3 is 14.2 Å². The Morgan fingerprint density at radius 1 is 1.43 bits per heavy atom. The fourth-order valence-corrected chi connectivity index (χ4v) is 0.645. The first kappa shape index (κ1) is 12.6. The maximum Gasteiger partial charge on any atom is 0.332 e. The summed E-state index contributed by atoms with van der Waals surface area (Å²) in [4.78, 5) is 21.0. The van der Waals surface area contributed by atoms with Crippen molar-refractivity contribution in [1.82, 2.24) is 0 Å². The van der Waals surface area contributed by atoms with Gasteiger partial charge in [0.25, 0.3) is 0 Å². The van der Waals surface area contributed by atoms with E-state index in [4.69, 9.17) is 4.74 Å². The van der Waals surface area contributed by atoms with Gasteiger partial charge in [-0.15, -0.1) is 0 Å². The number of esters is 2. The molecule has 0 aromatic heterocycles. The number of carbonyl (C=O) groups excluding carboxylic acids is 2. The highest BCUT2D eigenvalue weighted by Gasteiger charge is 2.05. The van der Waals surface area contributed by atoms with Crippen LogP contribution in [0.5, 0.6) is 0 Å². The monoisotopic (exact) mass is 202 g/mol. The summed E-state index contributed by atoms with van der Waals surface area (Å²) in [6.45, 7) is 6.44. The Hall–Kier alpha value is -1.36. The summed E-state index contributed by atoms with van der Waals surface area (Å²) in [5.41, 5.74) is 0. The van der Waals surface area contributed by atoms with E-state index in [9.17, 15) is 9.59 Å². The lowest BCUT2D eigenvalue weighted by Crippen LogP contribution is -2.19. The third-order valence-corrected chi connectivity index (χ3v) is 1.19. The van der Waals surface area contributed by atoms with Gasteiger partial charge in [-0.25, -0.2) is 4.79 Å². The highest BCUT2D eigenvalue weighted by molar-refractivity contribution is 5.81. The van der Waals surface area contributed by atoms with Crippen LogP contribution >= 0.6 is 0 Å². The molecule has 5 heteroatoms. The number of ether oxygens (including phenoxy) is 3. The van der Waals surface area contributed by atoms with Crippen LogP contribution in [0.15, 0.2) is 12.7 Å². The molecule has 0 aliphatic carbocycles. The Labute approximate surface area is 82.6 Å². The van der Waals surface area contributed by atoms with Gasteiger partial charge in [0.1, 0.15) is 6.61 Å². The molecule has 0 bridgehead atoms. The Kier molecular flexibility index (Phi) is 6.39. The van der Waals surface area contributed by atoms with E-state index in [1.807, 2.05) is 0 Å². The van der Waals surface area contributed by atoms with Gasteiger partial charge in [-0.2, -0.15) is 0 Å². The van der Waals surface area contributed by atoms with Gasteiger partial charge in [-0.1, -0.05) is 6.58 Å². The van der Waals surface area contributed by atoms with Crippen LogP contribution in [-0.2, 0) is 23.8 Å². The lowest BCUT2D eigenvalue weighted by Gasteiger charge is -2.12. The molecule has 0 spiro atoms. The standard InChI is InChI=1S/C9H14O5/c1-4-9(11)14-8(3)13-6-5-12-7(2)10/h4,8H,1,5-6H2,2-3H3. The van der Waals surface area contributed by atoms with Crippen LogP contribution in [-0.4, -0.2) is 31.4 Å². The predicted molar refractivity (Wildman–Crippen MR) is 48.3 cm³/mol. The van der Waals surface area contributed by atoms with Gasteiger partial charge in [0.2, 0.25) is 6.29 Å². The quantitative estimate of drug-likeness (QED) is 0.274. The van der Waals surface area contributed by atoms with Crippen LogP contribution in [0.4, 0.5) is 0 Å². The maximum absolute atomic E-state index is 10.7. The molecule has 0 radical (unpaired) electrons. The second-order valence-electron chi connectivity index (χ2n) is 2.42. The van der Waals surface area contributed by atoms with Crippen molar-refractivity contribution in [3.05, 3.63) is 12.7 Å². The van der Waals surface area contributed by atoms with Gasteiger partial charge in [0.05, 0.1) is 6.61 Å². The molecule has 0 N–H and O–H groups in total. The molecule has 0 aromatic rings. The highest BCUT2D eigenvalue weighted by atomic mass is 16.7. The minimum atomic E-state index is -0.670. The van der Waals surface area contributed by atoms with Crippen molar-refractivity contribution >= 4 is 11.9 Å². The van der Waals surface area contributed by atoms with E-state index < -0.39 is 12.3 Å². The Morgan fingerprint density at radius 3 is 2.57 bits per heavy atom. The van der Waals surface area contributed by atoms with Crippen LogP contribution in [0.1, 0.15) is 13.8 Å². The average Bonchev–Trinajstić information content (AvgIpc) is 2.12. The van der Waals surface area contributed by atoms with Gasteiger partial charge in [0.15, 0.2) is 0 Å². The fourth-order valence-electron chi connectivity index (χ4n) is 0.645. The number of rotatable bonds is 6. The summed E-state index contributed by atoms with van der Waals surface area (Å²) in [5.74, 6) is -0.922. The van der Waals surface area contributed by atoms with Gasteiger partial charge >= 0.3 is 11.9 Å². The molecular formula is C9H14O5. The molecule has 14 heavy (non-hydrogen) atoms. The lowest BCUT2D eigenvalue weighted by molar-refractivity contribution is -0.173. The minimum absolute atomic E-state index is 0.144. The molecule has 0 amide bonds. The normalized spacial score (nSPS) is 11.6. The Morgan fingerprint density at radius 2 is 2.07 bits per heavy atom. The van der Waals surface area contributed by atoms with Crippen LogP contribution in [0.3, 0.4) is 0 Å². The zero-order valence-corrected chi connectivity index (χ0v) is 8.32. The molecule has 0 fully saturated rings. The van der Waals surface area contributed by atoms with E-state index in [1.54, 1.807) is 6.92 Å². The summed E-state index contributed by atoms with van der Waals surface area (Å²) in [5, 5.41) is 0. The van der Waals surface area contributed by atoms with Crippen molar-refractivity contribution in [2.24, 2.45) is 0 Å². The highest BCUT2D eigenvalue weighted by Crippen LogP contribution is 1.94. The van der Waals surface area contributed by atoms with E-state index in [0.29, 0.717) is 0 Å². The first-order chi connectivity index (χ1) is 6.56. The number of hydrogen-bond donors (Lipinski definition) is 0. The molecule has 0 saturated carbocycles. The van der Waals surface area contributed by atoms with Crippen molar-refractivity contribution in [1.29, 1.82) is 0 Å². The summed E-state index contributed by atoms with van der Waals surface area (Å²) in [6.07, 6.45) is 0.377. The van der Waals surface area contributed by atoms with Crippen molar-refractivity contribution in [2.45, 2.75) is 20.1 Å². The van der Waals surface area contributed by atoms with E-state index in [0.717, 1.165) is 6.08 Å². The van der Waals surface area contributed by atoms with Crippen molar-refractivity contribution in [3.8, 4) is 0 Å². The molecule has 0 rings (SSSR count). The third kappa shape index (κ3) is 7.30. The van der Waals surface area contributed by atoms with Crippen LogP contribution in [0.2, 0.25) is 0 Å². The van der Waals surface area contributed by atoms with Crippen LogP contribution in [0.25, 0.3) is 0 Å². The third-order valence-electron chi connectivity index (χ3n) is 1.19. The lowest BCUT2D eigenvalue weighted by atomic mass is 10.6. The smallest absolute Gasteiger partial charge is 0.332 e. The number of carbonyl (C=O) groups is 2. The Balaban J connectivity index is 3.44. The molecule has 0 saturated heterocycles. The zero-order valence-electron chi connectivity index (χ0n) is 8.32. The molecule has 80 valence electrons. The van der Waals surface area contributed by atoms with Crippen LogP contribution in [0, 0.1) is 0 Å². The summed E-state index contributed by atoms with van der Waals surface area (Å²) >= 11 is 0. The second kappa shape index (κ2) is 7.08. The maximum atomic E-state index is 10.7. The van der Waals surface area contributed by atoms with E-state index in [-0.39, 0.29) is 19.2 Å². The zero-order chi connectivity index (χ0) is 11.0. The SMILES string of the molecule is C=CC(=O)OC(C)OCCOC(C)=O. The topological polar surface area (TPSA) is 61.8 Å². The molecule has 1 atom stereocenters. The summed E-state index contributed by atoms with van der Waals surface area (Å²) < 4.78 is 14.3. The van der Waals surface area contributed by atoms with E-state index >= 15 is 0 Å². The molecule has 0 aromatic carbocycles. The molecule has 5 nitrogen and oxygen atoms in total.